The number of fused-ring (bicyclic) bond motifs is 1. The van der Waals surface area contributed by atoms with Gasteiger partial charge in [0.15, 0.2) is 5.69 Å². The van der Waals surface area contributed by atoms with Crippen molar-refractivity contribution in [3.63, 3.8) is 0 Å². The van der Waals surface area contributed by atoms with Crippen LogP contribution in [0.15, 0.2) is 21.5 Å². The van der Waals surface area contributed by atoms with E-state index >= 15 is 0 Å². The molecule has 0 spiro atoms. The van der Waals surface area contributed by atoms with Crippen molar-refractivity contribution in [1.29, 1.82) is 0 Å². The largest absolute Gasteiger partial charge is 0.310 e. The molecule has 1 aliphatic rings. The second-order valence-corrected chi connectivity index (χ2v) is 2.97. The molecule has 7 nitrogen and oxygen atoms in total. The normalized spacial score (nSPS) is 17.2. The first-order valence-corrected chi connectivity index (χ1v) is 4.59. The van der Waals surface area contributed by atoms with Crippen LogP contribution >= 0.6 is 0 Å². The van der Waals surface area contributed by atoms with E-state index in [0.717, 1.165) is 0 Å². The zero-order valence-corrected chi connectivity index (χ0v) is 8.19. The molecule has 7 heteroatoms. The summed E-state index contributed by atoms with van der Waals surface area (Å²) in [6.07, 6.45) is 2.33. The SMILES string of the molecule is CCN/N=C1\C(NO)=CCc2nonc21. The number of hydroxylamine groups is 1. The van der Waals surface area contributed by atoms with E-state index in [4.69, 9.17) is 5.21 Å². The number of hydrazone groups is 1. The fraction of sp³-hybridized carbons (Fsp3) is 0.375. The summed E-state index contributed by atoms with van der Waals surface area (Å²) in [6, 6.07) is 0. The van der Waals surface area contributed by atoms with E-state index in [1.54, 1.807) is 6.08 Å². The molecule has 0 bridgehead atoms. The zero-order valence-electron chi connectivity index (χ0n) is 8.19. The second-order valence-electron chi connectivity index (χ2n) is 2.97. The first-order valence-electron chi connectivity index (χ1n) is 4.59. The van der Waals surface area contributed by atoms with Crippen LogP contribution < -0.4 is 10.9 Å². The molecular formula is C8H11N5O2. The van der Waals surface area contributed by atoms with Crippen LogP contribution in [0.5, 0.6) is 0 Å². The minimum absolute atomic E-state index is 0.499. The van der Waals surface area contributed by atoms with E-state index in [2.05, 4.69) is 30.9 Å². The van der Waals surface area contributed by atoms with E-state index in [1.807, 2.05) is 6.92 Å². The van der Waals surface area contributed by atoms with Crippen LogP contribution in [0.4, 0.5) is 0 Å². The van der Waals surface area contributed by atoms with Gasteiger partial charge >= 0.3 is 0 Å². The van der Waals surface area contributed by atoms with E-state index in [0.29, 0.717) is 35.8 Å². The van der Waals surface area contributed by atoms with Crippen molar-refractivity contribution in [2.24, 2.45) is 5.10 Å². The van der Waals surface area contributed by atoms with Crippen molar-refractivity contribution < 1.29 is 9.84 Å². The van der Waals surface area contributed by atoms with Crippen LogP contribution in [0.2, 0.25) is 0 Å². The second kappa shape index (κ2) is 4.09. The summed E-state index contributed by atoms with van der Waals surface area (Å²) in [5.74, 6) is 0. The molecule has 1 heterocycles. The summed E-state index contributed by atoms with van der Waals surface area (Å²) in [6.45, 7) is 2.60. The number of hydrogen-bond acceptors (Lipinski definition) is 7. The quantitative estimate of drug-likeness (QED) is 0.597. The zero-order chi connectivity index (χ0) is 10.7. The summed E-state index contributed by atoms with van der Waals surface area (Å²) in [5, 5.41) is 20.5. The minimum atomic E-state index is 0.499. The fourth-order valence-electron chi connectivity index (χ4n) is 1.31. The molecule has 0 radical (unpaired) electrons. The Morgan fingerprint density at radius 1 is 1.60 bits per heavy atom. The van der Waals surface area contributed by atoms with Gasteiger partial charge in [0.1, 0.15) is 11.4 Å². The third-order valence-corrected chi connectivity index (χ3v) is 2.00. The molecule has 0 saturated carbocycles. The maximum Gasteiger partial charge on any atom is 0.160 e. The molecule has 0 amide bonds. The number of rotatable bonds is 3. The van der Waals surface area contributed by atoms with Gasteiger partial charge in [-0.3, -0.25) is 10.7 Å². The minimum Gasteiger partial charge on any atom is -0.310 e. The molecule has 0 aliphatic heterocycles. The van der Waals surface area contributed by atoms with Crippen LogP contribution in [0, 0.1) is 0 Å². The Morgan fingerprint density at radius 2 is 2.47 bits per heavy atom. The van der Waals surface area contributed by atoms with Crippen molar-refractivity contribution in [3.8, 4) is 0 Å². The summed E-state index contributed by atoms with van der Waals surface area (Å²) >= 11 is 0. The highest BCUT2D eigenvalue weighted by Gasteiger charge is 2.23. The van der Waals surface area contributed by atoms with Crippen LogP contribution in [0.25, 0.3) is 0 Å². The topological polar surface area (TPSA) is 95.6 Å². The van der Waals surface area contributed by atoms with Crippen molar-refractivity contribution in [2.45, 2.75) is 13.3 Å². The molecule has 3 N–H and O–H groups in total. The smallest absolute Gasteiger partial charge is 0.160 e. The van der Waals surface area contributed by atoms with Gasteiger partial charge in [-0.1, -0.05) is 11.2 Å². The van der Waals surface area contributed by atoms with Crippen LogP contribution in [0.1, 0.15) is 18.3 Å². The maximum absolute atomic E-state index is 8.92. The van der Waals surface area contributed by atoms with Gasteiger partial charge in [0.25, 0.3) is 0 Å². The van der Waals surface area contributed by atoms with Gasteiger partial charge in [0.05, 0.1) is 5.70 Å². The molecule has 0 unspecified atom stereocenters. The number of allylic oxidation sites excluding steroid dienone is 2. The Balaban J connectivity index is 2.37. The highest BCUT2D eigenvalue weighted by atomic mass is 16.6. The molecule has 15 heavy (non-hydrogen) atoms. The van der Waals surface area contributed by atoms with Gasteiger partial charge in [-0.15, -0.1) is 0 Å². The van der Waals surface area contributed by atoms with Crippen molar-refractivity contribution in [1.82, 2.24) is 21.2 Å². The molecule has 2 rings (SSSR count). The van der Waals surface area contributed by atoms with Gasteiger partial charge in [-0.2, -0.15) is 5.10 Å². The standard InChI is InChI=1S/C8H11N5O2/c1-2-9-10-7-5(11-14)3-4-6-8(7)13-15-12-6/h3,9,11,14H,2,4H2,1H3/b10-7+. The first kappa shape index (κ1) is 9.66. The van der Waals surface area contributed by atoms with Gasteiger partial charge in [-0.25, -0.2) is 4.63 Å². The number of nitrogens with one attached hydrogen (secondary N) is 2. The number of aromatic nitrogens is 2. The Kier molecular flexibility index (Phi) is 2.64. The van der Waals surface area contributed by atoms with E-state index < -0.39 is 0 Å². The van der Waals surface area contributed by atoms with E-state index in [-0.39, 0.29) is 0 Å². The lowest BCUT2D eigenvalue weighted by Crippen LogP contribution is -2.25. The molecule has 1 aromatic rings. The highest BCUT2D eigenvalue weighted by Crippen LogP contribution is 2.16. The van der Waals surface area contributed by atoms with Gasteiger partial charge < -0.3 is 5.43 Å². The summed E-state index contributed by atoms with van der Waals surface area (Å²) in [4.78, 5) is 0. The predicted octanol–water partition coefficient (Wildman–Crippen LogP) is -0.198. The van der Waals surface area contributed by atoms with Gasteiger partial charge in [0, 0.05) is 13.0 Å². The summed E-state index contributed by atoms with van der Waals surface area (Å²) in [7, 11) is 0. The van der Waals surface area contributed by atoms with Crippen LogP contribution in [-0.4, -0.2) is 27.8 Å². The first-order chi connectivity index (χ1) is 7.36. The van der Waals surface area contributed by atoms with E-state index in [9.17, 15) is 0 Å². The Hall–Kier alpha value is -1.89. The van der Waals surface area contributed by atoms with Crippen LogP contribution in [-0.2, 0) is 6.42 Å². The average Bonchev–Trinajstić information content (AvgIpc) is 2.73. The molecule has 0 fully saturated rings. The van der Waals surface area contributed by atoms with Crippen LogP contribution in [0.3, 0.4) is 0 Å². The average molecular weight is 209 g/mol. The highest BCUT2D eigenvalue weighted by molar-refractivity contribution is 6.12. The number of hydrogen-bond donors (Lipinski definition) is 3. The third kappa shape index (κ3) is 1.68. The molecule has 0 atom stereocenters. The summed E-state index contributed by atoms with van der Waals surface area (Å²) < 4.78 is 4.62. The molecular weight excluding hydrogens is 198 g/mol. The Morgan fingerprint density at radius 3 is 3.20 bits per heavy atom. The lowest BCUT2D eigenvalue weighted by atomic mass is 10.0. The molecule has 80 valence electrons. The molecule has 0 saturated heterocycles. The molecule has 1 aliphatic carbocycles. The van der Waals surface area contributed by atoms with Crippen molar-refractivity contribution in [2.75, 3.05) is 6.54 Å². The predicted molar refractivity (Wildman–Crippen MR) is 51.2 cm³/mol. The Bertz CT molecular complexity index is 409. The van der Waals surface area contributed by atoms with Gasteiger partial charge in [0.2, 0.25) is 0 Å². The third-order valence-electron chi connectivity index (χ3n) is 2.00. The monoisotopic (exact) mass is 209 g/mol. The molecule has 0 aromatic carbocycles. The van der Waals surface area contributed by atoms with Crippen molar-refractivity contribution >= 4 is 5.71 Å². The fourth-order valence-corrected chi connectivity index (χ4v) is 1.31. The lowest BCUT2D eigenvalue weighted by molar-refractivity contribution is 0.206. The van der Waals surface area contributed by atoms with E-state index in [1.165, 1.54) is 0 Å². The number of nitrogens with zero attached hydrogens (tertiary/aromatic N) is 3. The van der Waals surface area contributed by atoms with Crippen molar-refractivity contribution in [3.05, 3.63) is 23.2 Å². The van der Waals surface area contributed by atoms with Gasteiger partial charge in [-0.05, 0) is 12.1 Å². The summed E-state index contributed by atoms with van der Waals surface area (Å²) in [5.41, 5.74) is 7.14. The maximum atomic E-state index is 8.92. The molecule has 1 aromatic heterocycles. The Labute approximate surface area is 85.8 Å². The lowest BCUT2D eigenvalue weighted by Gasteiger charge is -2.11.